The van der Waals surface area contributed by atoms with Crippen LogP contribution in [0.5, 0.6) is 0 Å². The molecular weight excluding hydrogens is 368 g/mol. The molecule has 1 aliphatic heterocycles. The average Bonchev–Trinajstić information content (AvgIpc) is 2.93. The van der Waals surface area contributed by atoms with Crippen molar-refractivity contribution in [3.05, 3.63) is 70.8 Å². The molecule has 0 aromatic heterocycles. The van der Waals surface area contributed by atoms with Crippen molar-refractivity contribution in [2.45, 2.75) is 25.8 Å². The quantitative estimate of drug-likeness (QED) is 0.737. The van der Waals surface area contributed by atoms with Gasteiger partial charge in [-0.15, -0.1) is 0 Å². The van der Waals surface area contributed by atoms with E-state index in [1.54, 1.807) is 31.2 Å². The number of nitriles is 1. The molecule has 4 amide bonds. The number of carbonyl (C=O) groups excluding carboxylic acids is 3. The van der Waals surface area contributed by atoms with Gasteiger partial charge in [-0.05, 0) is 49.1 Å². The van der Waals surface area contributed by atoms with E-state index >= 15 is 0 Å². The predicted octanol–water partition coefficient (Wildman–Crippen LogP) is 1.99. The monoisotopic (exact) mass is 390 g/mol. The minimum Gasteiger partial charge on any atom is -0.354 e. The Labute approximate surface area is 169 Å². The van der Waals surface area contributed by atoms with Crippen LogP contribution in [0.1, 0.15) is 29.2 Å². The van der Waals surface area contributed by atoms with Crippen molar-refractivity contribution in [3.63, 3.8) is 0 Å². The molecule has 0 radical (unpaired) electrons. The van der Waals surface area contributed by atoms with Crippen molar-refractivity contribution in [1.29, 1.82) is 5.26 Å². The smallest absolute Gasteiger partial charge is 0.325 e. The van der Waals surface area contributed by atoms with Gasteiger partial charge in [0.1, 0.15) is 12.1 Å². The number of imide groups is 1. The van der Waals surface area contributed by atoms with Gasteiger partial charge in [-0.25, -0.2) is 4.79 Å². The lowest BCUT2D eigenvalue weighted by atomic mass is 9.91. The van der Waals surface area contributed by atoms with E-state index in [9.17, 15) is 14.4 Å². The minimum atomic E-state index is -1.27. The van der Waals surface area contributed by atoms with Crippen LogP contribution in [0.25, 0.3) is 0 Å². The fourth-order valence-electron chi connectivity index (χ4n) is 3.34. The van der Waals surface area contributed by atoms with Crippen LogP contribution in [0.15, 0.2) is 48.5 Å². The van der Waals surface area contributed by atoms with Crippen LogP contribution in [0.2, 0.25) is 0 Å². The lowest BCUT2D eigenvalue weighted by Crippen LogP contribution is -2.43. The van der Waals surface area contributed by atoms with Crippen LogP contribution in [0.3, 0.4) is 0 Å². The summed E-state index contributed by atoms with van der Waals surface area (Å²) >= 11 is 0. The molecular formula is C22H22N4O3. The van der Waals surface area contributed by atoms with Crippen molar-refractivity contribution < 1.29 is 14.4 Å². The van der Waals surface area contributed by atoms with Gasteiger partial charge >= 0.3 is 6.03 Å². The zero-order valence-electron chi connectivity index (χ0n) is 16.4. The van der Waals surface area contributed by atoms with Crippen LogP contribution in [-0.4, -0.2) is 35.8 Å². The van der Waals surface area contributed by atoms with Crippen molar-refractivity contribution in [1.82, 2.24) is 15.5 Å². The van der Waals surface area contributed by atoms with Crippen LogP contribution >= 0.6 is 0 Å². The Hall–Kier alpha value is -3.66. The summed E-state index contributed by atoms with van der Waals surface area (Å²) in [4.78, 5) is 38.4. The number of nitrogens with one attached hydrogen (secondary N) is 2. The van der Waals surface area contributed by atoms with E-state index < -0.39 is 23.4 Å². The van der Waals surface area contributed by atoms with Crippen LogP contribution < -0.4 is 10.6 Å². The standard InChI is InChI=1S/C22H22N4O3/c1-15-5-3-4-6-17(15)11-12-24-19(27)14-26-20(28)22(2,25-21(26)29)18-9-7-16(13-23)8-10-18/h3-10H,11-12,14H2,1-2H3,(H,24,27)(H,25,29). The van der Waals surface area contributed by atoms with Crippen molar-refractivity contribution in [2.75, 3.05) is 13.1 Å². The number of aryl methyl sites for hydroxylation is 1. The lowest BCUT2D eigenvalue weighted by Gasteiger charge is -2.22. The Kier molecular flexibility index (Phi) is 5.64. The van der Waals surface area contributed by atoms with E-state index in [4.69, 9.17) is 5.26 Å². The fourth-order valence-corrected chi connectivity index (χ4v) is 3.34. The Balaban J connectivity index is 1.61. The second-order valence-electron chi connectivity index (χ2n) is 7.16. The highest BCUT2D eigenvalue weighted by molar-refractivity contribution is 6.09. The maximum absolute atomic E-state index is 12.9. The Morgan fingerprint density at radius 3 is 2.52 bits per heavy atom. The van der Waals surface area contributed by atoms with Gasteiger partial charge in [-0.1, -0.05) is 36.4 Å². The average molecular weight is 390 g/mol. The zero-order valence-corrected chi connectivity index (χ0v) is 16.4. The highest BCUT2D eigenvalue weighted by atomic mass is 16.2. The summed E-state index contributed by atoms with van der Waals surface area (Å²) in [7, 11) is 0. The highest BCUT2D eigenvalue weighted by Gasteiger charge is 2.49. The van der Waals surface area contributed by atoms with Gasteiger partial charge in [0.05, 0.1) is 11.6 Å². The molecule has 0 bridgehead atoms. The molecule has 7 nitrogen and oxygen atoms in total. The fraction of sp³-hybridized carbons (Fsp3) is 0.273. The molecule has 1 atom stereocenters. The SMILES string of the molecule is Cc1ccccc1CCNC(=O)CN1C(=O)NC(C)(c2ccc(C#N)cc2)C1=O. The number of rotatable bonds is 6. The number of hydrogen-bond donors (Lipinski definition) is 2. The van der Waals surface area contributed by atoms with E-state index in [2.05, 4.69) is 10.6 Å². The first kappa shape index (κ1) is 20.1. The molecule has 148 valence electrons. The number of urea groups is 1. The van der Waals surface area contributed by atoms with Crippen molar-refractivity contribution in [2.24, 2.45) is 0 Å². The van der Waals surface area contributed by atoms with E-state index in [0.29, 0.717) is 24.1 Å². The van der Waals surface area contributed by atoms with E-state index in [0.717, 1.165) is 16.0 Å². The molecule has 1 heterocycles. The maximum Gasteiger partial charge on any atom is 0.325 e. The number of carbonyl (C=O) groups is 3. The zero-order chi connectivity index (χ0) is 21.0. The maximum atomic E-state index is 12.9. The third kappa shape index (κ3) is 4.11. The van der Waals surface area contributed by atoms with Crippen LogP contribution in [0, 0.1) is 18.3 Å². The molecule has 7 heteroatoms. The normalized spacial score (nSPS) is 18.3. The summed E-state index contributed by atoms with van der Waals surface area (Å²) in [5.41, 5.74) is 2.02. The molecule has 1 saturated heterocycles. The van der Waals surface area contributed by atoms with E-state index in [1.807, 2.05) is 37.3 Å². The first-order chi connectivity index (χ1) is 13.8. The molecule has 2 aromatic carbocycles. The summed E-state index contributed by atoms with van der Waals surface area (Å²) in [5, 5.41) is 14.3. The second-order valence-corrected chi connectivity index (χ2v) is 7.16. The van der Waals surface area contributed by atoms with Gasteiger partial charge in [0.25, 0.3) is 5.91 Å². The Morgan fingerprint density at radius 1 is 1.17 bits per heavy atom. The molecule has 0 spiro atoms. The summed E-state index contributed by atoms with van der Waals surface area (Å²) in [6, 6.07) is 15.7. The molecule has 0 aliphatic carbocycles. The molecule has 1 aliphatic rings. The second kappa shape index (κ2) is 8.15. The minimum absolute atomic E-state index is 0.343. The van der Waals surface area contributed by atoms with Gasteiger partial charge in [0.2, 0.25) is 5.91 Å². The van der Waals surface area contributed by atoms with Crippen molar-refractivity contribution >= 4 is 17.8 Å². The molecule has 2 aromatic rings. The Bertz CT molecular complexity index is 994. The van der Waals surface area contributed by atoms with E-state index in [-0.39, 0.29) is 6.54 Å². The topological polar surface area (TPSA) is 102 Å². The van der Waals surface area contributed by atoms with Crippen LogP contribution in [0.4, 0.5) is 4.79 Å². The number of amides is 4. The molecule has 29 heavy (non-hydrogen) atoms. The third-order valence-corrected chi connectivity index (χ3v) is 5.15. The number of nitrogens with zero attached hydrogens (tertiary/aromatic N) is 2. The molecule has 0 saturated carbocycles. The third-order valence-electron chi connectivity index (χ3n) is 5.15. The predicted molar refractivity (Wildman–Crippen MR) is 107 cm³/mol. The number of hydrogen-bond acceptors (Lipinski definition) is 4. The van der Waals surface area contributed by atoms with Gasteiger partial charge < -0.3 is 10.6 Å². The van der Waals surface area contributed by atoms with Gasteiger partial charge in [-0.2, -0.15) is 5.26 Å². The molecule has 3 rings (SSSR count). The summed E-state index contributed by atoms with van der Waals surface area (Å²) < 4.78 is 0. The first-order valence-electron chi connectivity index (χ1n) is 9.31. The molecule has 1 unspecified atom stereocenters. The highest BCUT2D eigenvalue weighted by Crippen LogP contribution is 2.28. The molecule has 2 N–H and O–H groups in total. The summed E-state index contributed by atoms with van der Waals surface area (Å²) in [5.74, 6) is -0.896. The molecule has 1 fully saturated rings. The lowest BCUT2D eigenvalue weighted by molar-refractivity contribution is -0.134. The number of benzene rings is 2. The Morgan fingerprint density at radius 2 is 1.86 bits per heavy atom. The van der Waals surface area contributed by atoms with Gasteiger partial charge in [0.15, 0.2) is 0 Å². The largest absolute Gasteiger partial charge is 0.354 e. The van der Waals surface area contributed by atoms with Crippen LogP contribution in [-0.2, 0) is 21.5 Å². The summed E-state index contributed by atoms with van der Waals surface area (Å²) in [6.45, 7) is 3.67. The van der Waals surface area contributed by atoms with E-state index in [1.165, 1.54) is 0 Å². The summed E-state index contributed by atoms with van der Waals surface area (Å²) in [6.07, 6.45) is 0.668. The first-order valence-corrected chi connectivity index (χ1v) is 9.31. The van der Waals surface area contributed by atoms with Crippen molar-refractivity contribution in [3.8, 4) is 6.07 Å². The van der Waals surface area contributed by atoms with Gasteiger partial charge in [-0.3, -0.25) is 14.5 Å². The van der Waals surface area contributed by atoms with Gasteiger partial charge in [0, 0.05) is 6.54 Å².